The van der Waals surface area contributed by atoms with Gasteiger partial charge in [-0.1, -0.05) is 57.7 Å². The van der Waals surface area contributed by atoms with E-state index in [4.69, 9.17) is 7.85 Å². The number of unbranched alkanes of at least 4 members (excludes halogenated alkanes) is 1. The maximum absolute atomic E-state index is 14.3. The summed E-state index contributed by atoms with van der Waals surface area (Å²) < 4.78 is 15.0. The van der Waals surface area contributed by atoms with E-state index in [0.717, 1.165) is 34.0 Å². The van der Waals surface area contributed by atoms with Crippen molar-refractivity contribution in [1.29, 1.82) is 0 Å². The summed E-state index contributed by atoms with van der Waals surface area (Å²) in [6, 6.07) is 9.35. The largest absolute Gasteiger partial charge is 0.206 e. The molecule has 0 spiro atoms. The van der Waals surface area contributed by atoms with E-state index < -0.39 is 0 Å². The van der Waals surface area contributed by atoms with E-state index in [1.807, 2.05) is 18.2 Å². The van der Waals surface area contributed by atoms with Gasteiger partial charge in [0.15, 0.2) is 0 Å². The van der Waals surface area contributed by atoms with Crippen molar-refractivity contribution >= 4 is 24.0 Å². The number of benzene rings is 1. The highest BCUT2D eigenvalue weighted by molar-refractivity contribution is 7.23. The fourth-order valence-corrected chi connectivity index (χ4v) is 3.63. The predicted octanol–water partition coefficient (Wildman–Crippen LogP) is 5.50. The molecule has 3 heteroatoms. The Morgan fingerprint density at radius 1 is 1.14 bits per heavy atom. The van der Waals surface area contributed by atoms with Crippen molar-refractivity contribution < 1.29 is 4.39 Å². The zero-order chi connectivity index (χ0) is 15.9. The molecule has 2 radical (unpaired) electrons. The van der Waals surface area contributed by atoms with Gasteiger partial charge in [-0.2, -0.15) is 11.3 Å². The van der Waals surface area contributed by atoms with E-state index in [-0.39, 0.29) is 5.82 Å². The van der Waals surface area contributed by atoms with E-state index in [2.05, 4.69) is 19.9 Å². The molecule has 0 amide bonds. The molecule has 0 saturated carbocycles. The Balaban J connectivity index is 2.00. The Labute approximate surface area is 139 Å². The van der Waals surface area contributed by atoms with Gasteiger partial charge in [0.05, 0.1) is 0 Å². The molecule has 2 rings (SSSR count). The summed E-state index contributed by atoms with van der Waals surface area (Å²) in [4.78, 5) is 0.899. The van der Waals surface area contributed by atoms with Crippen molar-refractivity contribution in [3.8, 4) is 10.4 Å². The molecule has 22 heavy (non-hydrogen) atoms. The first-order valence-corrected chi connectivity index (χ1v) is 9.09. The number of aryl methyl sites for hydroxylation is 1. The molecule has 1 aromatic heterocycles. The molecule has 1 unspecified atom stereocenters. The Bertz CT molecular complexity index is 591. The zero-order valence-corrected chi connectivity index (χ0v) is 14.4. The van der Waals surface area contributed by atoms with Crippen LogP contribution in [0.2, 0.25) is 0 Å². The summed E-state index contributed by atoms with van der Waals surface area (Å²) in [7, 11) is 5.73. The zero-order valence-electron chi connectivity index (χ0n) is 13.6. The molecule has 1 atom stereocenters. The highest BCUT2D eigenvalue weighted by atomic mass is 32.1. The minimum atomic E-state index is -0.138. The molecule has 0 nitrogen and oxygen atoms in total. The number of hydrogen-bond donors (Lipinski definition) is 0. The summed E-state index contributed by atoms with van der Waals surface area (Å²) in [5.41, 5.74) is 1.75. The lowest BCUT2D eigenvalue weighted by atomic mass is 9.92. The molecular weight excluding hydrogens is 290 g/mol. The second kappa shape index (κ2) is 8.52. The van der Waals surface area contributed by atoms with Crippen LogP contribution in [0.25, 0.3) is 10.4 Å². The van der Waals surface area contributed by atoms with Gasteiger partial charge in [0.2, 0.25) is 0 Å². The van der Waals surface area contributed by atoms with Gasteiger partial charge in [-0.05, 0) is 41.2 Å². The summed E-state index contributed by atoms with van der Waals surface area (Å²) in [5.74, 6) is 0.626. The third kappa shape index (κ3) is 4.71. The van der Waals surface area contributed by atoms with Gasteiger partial charge in [-0.3, -0.25) is 0 Å². The van der Waals surface area contributed by atoms with Crippen molar-refractivity contribution in [3.05, 3.63) is 41.7 Å². The quantitative estimate of drug-likeness (QED) is 0.565. The lowest BCUT2D eigenvalue weighted by Gasteiger charge is -2.14. The summed E-state index contributed by atoms with van der Waals surface area (Å²) in [6.45, 7) is 4.49. The van der Waals surface area contributed by atoms with Gasteiger partial charge < -0.3 is 0 Å². The minimum Gasteiger partial charge on any atom is -0.206 e. The van der Waals surface area contributed by atoms with Crippen LogP contribution in [0.1, 0.15) is 51.5 Å². The molecule has 0 saturated heterocycles. The Kier molecular flexibility index (Phi) is 6.69. The van der Waals surface area contributed by atoms with Crippen LogP contribution >= 0.6 is 11.3 Å². The standard InChI is InChI=1S/C19H24BFS/c1-3-5-6-14(4-2)7-8-15-9-10-16(17(21)13-15)18-11-12-19(20)22-18/h9-14H,3-8H2,1-2H3. The Morgan fingerprint density at radius 3 is 2.55 bits per heavy atom. The molecule has 0 aliphatic heterocycles. The third-order valence-electron chi connectivity index (χ3n) is 4.31. The average molecular weight is 314 g/mol. The number of thiophene rings is 1. The van der Waals surface area contributed by atoms with Gasteiger partial charge in [0, 0.05) is 10.4 Å². The second-order valence-electron chi connectivity index (χ2n) is 5.97. The highest BCUT2D eigenvalue weighted by Gasteiger charge is 2.10. The lowest BCUT2D eigenvalue weighted by molar-refractivity contribution is 0.421. The predicted molar refractivity (Wildman–Crippen MR) is 96.7 cm³/mol. The lowest BCUT2D eigenvalue weighted by Crippen LogP contribution is -2.01. The van der Waals surface area contributed by atoms with Crippen LogP contribution in [-0.4, -0.2) is 7.85 Å². The smallest absolute Gasteiger partial charge is 0.132 e. The second-order valence-corrected chi connectivity index (χ2v) is 7.09. The number of halogens is 1. The fourth-order valence-electron chi connectivity index (χ4n) is 2.83. The first-order chi connectivity index (χ1) is 10.6. The van der Waals surface area contributed by atoms with Gasteiger partial charge in [0.25, 0.3) is 0 Å². The van der Waals surface area contributed by atoms with E-state index in [1.165, 1.54) is 37.0 Å². The van der Waals surface area contributed by atoms with E-state index in [9.17, 15) is 4.39 Å². The number of hydrogen-bond acceptors (Lipinski definition) is 1. The van der Waals surface area contributed by atoms with E-state index in [1.54, 1.807) is 6.07 Å². The molecule has 0 N–H and O–H groups in total. The van der Waals surface area contributed by atoms with Crippen molar-refractivity contribution in [1.82, 2.24) is 0 Å². The van der Waals surface area contributed by atoms with Gasteiger partial charge in [0.1, 0.15) is 13.7 Å². The first kappa shape index (κ1) is 17.3. The molecule has 0 aliphatic carbocycles. The molecule has 1 aromatic carbocycles. The average Bonchev–Trinajstić information content (AvgIpc) is 2.94. The van der Waals surface area contributed by atoms with Crippen LogP contribution < -0.4 is 4.78 Å². The van der Waals surface area contributed by atoms with Crippen molar-refractivity contribution in [2.75, 3.05) is 0 Å². The van der Waals surface area contributed by atoms with Crippen LogP contribution in [0.3, 0.4) is 0 Å². The van der Waals surface area contributed by atoms with Gasteiger partial charge in [-0.25, -0.2) is 4.39 Å². The molecule has 2 aromatic rings. The highest BCUT2D eigenvalue weighted by Crippen LogP contribution is 2.27. The van der Waals surface area contributed by atoms with Gasteiger partial charge in [-0.15, -0.1) is 0 Å². The van der Waals surface area contributed by atoms with Crippen molar-refractivity contribution in [2.45, 2.75) is 52.4 Å². The van der Waals surface area contributed by atoms with Crippen LogP contribution in [0.15, 0.2) is 30.3 Å². The third-order valence-corrected chi connectivity index (χ3v) is 5.26. The molecule has 0 aliphatic rings. The molecule has 1 heterocycles. The number of rotatable bonds is 8. The fraction of sp³-hybridized carbons (Fsp3) is 0.474. The molecule has 116 valence electrons. The normalized spacial score (nSPS) is 12.5. The summed E-state index contributed by atoms with van der Waals surface area (Å²) >= 11 is 1.43. The molecular formula is C19H24BFS. The molecule has 0 fully saturated rings. The summed E-state index contributed by atoms with van der Waals surface area (Å²) in [5, 5.41) is 0. The molecule has 0 bridgehead atoms. The van der Waals surface area contributed by atoms with Crippen molar-refractivity contribution in [3.63, 3.8) is 0 Å². The monoisotopic (exact) mass is 314 g/mol. The topological polar surface area (TPSA) is 0 Å². The SMILES string of the molecule is [B]c1ccc(-c2ccc(CCC(CC)CCCC)cc2F)s1. The van der Waals surface area contributed by atoms with Crippen LogP contribution in [0.5, 0.6) is 0 Å². The van der Waals surface area contributed by atoms with Crippen molar-refractivity contribution in [2.24, 2.45) is 5.92 Å². The summed E-state index contributed by atoms with van der Waals surface area (Å²) in [6.07, 6.45) is 7.18. The van der Waals surface area contributed by atoms with Crippen LogP contribution in [0.4, 0.5) is 4.39 Å². The van der Waals surface area contributed by atoms with E-state index >= 15 is 0 Å². The minimum absolute atomic E-state index is 0.138. The van der Waals surface area contributed by atoms with Crippen LogP contribution in [0, 0.1) is 11.7 Å². The Morgan fingerprint density at radius 2 is 1.95 bits per heavy atom. The first-order valence-electron chi connectivity index (χ1n) is 8.28. The van der Waals surface area contributed by atoms with Gasteiger partial charge >= 0.3 is 0 Å². The maximum atomic E-state index is 14.3. The van der Waals surface area contributed by atoms with Crippen LogP contribution in [-0.2, 0) is 6.42 Å². The van der Waals surface area contributed by atoms with E-state index in [0.29, 0.717) is 5.56 Å². The maximum Gasteiger partial charge on any atom is 0.132 e. The Hall–Kier alpha value is -1.09.